The Kier molecular flexibility index (Phi) is 10.0. The number of carbonyl (C=O) groups is 2. The van der Waals surface area contributed by atoms with Crippen molar-refractivity contribution >= 4 is 33.4 Å². The average molecular weight is 678 g/mol. The van der Waals surface area contributed by atoms with Crippen molar-refractivity contribution in [3.8, 4) is 22.3 Å². The minimum Gasteiger partial charge on any atom is -0.294 e. The fraction of sp³-hybridized carbons (Fsp3) is 0.0889. The molecule has 7 nitrogen and oxygen atoms in total. The number of benzene rings is 4. The molecular formula is C45H35N5O2. The monoisotopic (exact) mass is 677 g/mol. The van der Waals surface area contributed by atoms with Gasteiger partial charge in [0.2, 0.25) is 0 Å². The summed E-state index contributed by atoms with van der Waals surface area (Å²) in [4.78, 5) is 46.7. The fourth-order valence-corrected chi connectivity index (χ4v) is 6.14. The number of aryl methyl sites for hydroxylation is 2. The third-order valence-electron chi connectivity index (χ3n) is 8.89. The van der Waals surface area contributed by atoms with Gasteiger partial charge in [0.1, 0.15) is 5.69 Å². The van der Waals surface area contributed by atoms with Crippen molar-refractivity contribution < 1.29 is 9.59 Å². The molecule has 0 amide bonds. The van der Waals surface area contributed by atoms with Gasteiger partial charge in [0.25, 0.3) is 0 Å². The first-order valence-electron chi connectivity index (χ1n) is 17.0. The molecule has 0 unspecified atom stereocenters. The van der Waals surface area contributed by atoms with E-state index in [2.05, 4.69) is 61.3 Å². The van der Waals surface area contributed by atoms with Crippen molar-refractivity contribution in [1.29, 1.82) is 0 Å². The van der Waals surface area contributed by atoms with E-state index >= 15 is 0 Å². The number of pyridine rings is 3. The Morgan fingerprint density at radius 2 is 0.981 bits per heavy atom. The normalized spacial score (nSPS) is 10.8. The second kappa shape index (κ2) is 15.4. The van der Waals surface area contributed by atoms with Crippen LogP contribution < -0.4 is 0 Å². The third-order valence-corrected chi connectivity index (χ3v) is 8.89. The van der Waals surface area contributed by atoms with Crippen LogP contribution in [0.4, 0.5) is 0 Å². The zero-order chi connectivity index (χ0) is 35.9. The van der Waals surface area contributed by atoms with E-state index in [4.69, 9.17) is 0 Å². The highest BCUT2D eigenvalue weighted by Gasteiger charge is 2.13. The molecule has 8 aromatic rings. The summed E-state index contributed by atoms with van der Waals surface area (Å²) in [5, 5.41) is 2.12. The lowest BCUT2D eigenvalue weighted by Crippen LogP contribution is -2.09. The Bertz CT molecular complexity index is 2360. The van der Waals surface area contributed by atoms with Gasteiger partial charge in [0.05, 0.1) is 16.7 Å². The summed E-state index contributed by atoms with van der Waals surface area (Å²) in [6, 6.07) is 40.2. The van der Waals surface area contributed by atoms with Gasteiger partial charge in [-0.3, -0.25) is 29.5 Å². The van der Waals surface area contributed by atoms with Crippen LogP contribution in [-0.4, -0.2) is 36.5 Å². The molecule has 0 bridgehead atoms. The summed E-state index contributed by atoms with van der Waals surface area (Å²) in [6.45, 7) is 3.66. The van der Waals surface area contributed by atoms with Crippen molar-refractivity contribution in [1.82, 2.24) is 24.9 Å². The van der Waals surface area contributed by atoms with E-state index in [1.165, 1.54) is 0 Å². The molecule has 0 fully saturated rings. The van der Waals surface area contributed by atoms with Gasteiger partial charge in [-0.2, -0.15) is 0 Å². The zero-order valence-electron chi connectivity index (χ0n) is 28.9. The van der Waals surface area contributed by atoms with Gasteiger partial charge in [-0.05, 0) is 72.5 Å². The van der Waals surface area contributed by atoms with Crippen LogP contribution in [0.5, 0.6) is 0 Å². The molecule has 0 saturated heterocycles. The van der Waals surface area contributed by atoms with Crippen LogP contribution in [0, 0.1) is 13.8 Å². The highest BCUT2D eigenvalue weighted by Crippen LogP contribution is 2.25. The van der Waals surface area contributed by atoms with Crippen LogP contribution in [0.25, 0.3) is 44.1 Å². The Labute approximate surface area is 302 Å². The lowest BCUT2D eigenvalue weighted by Gasteiger charge is -2.07. The van der Waals surface area contributed by atoms with Crippen LogP contribution in [0.2, 0.25) is 0 Å². The van der Waals surface area contributed by atoms with Crippen LogP contribution >= 0.6 is 0 Å². The van der Waals surface area contributed by atoms with Gasteiger partial charge in [0.15, 0.2) is 11.6 Å². The lowest BCUT2D eigenvalue weighted by atomic mass is 10.00. The Balaban J connectivity index is 0.000000162. The van der Waals surface area contributed by atoms with Crippen LogP contribution in [0.3, 0.4) is 0 Å². The van der Waals surface area contributed by atoms with E-state index in [9.17, 15) is 9.59 Å². The molecule has 7 heteroatoms. The highest BCUT2D eigenvalue weighted by molar-refractivity contribution is 5.99. The van der Waals surface area contributed by atoms with Gasteiger partial charge in [0, 0.05) is 77.0 Å². The van der Waals surface area contributed by atoms with E-state index in [1.54, 1.807) is 31.6 Å². The predicted molar refractivity (Wildman–Crippen MR) is 206 cm³/mol. The molecule has 52 heavy (non-hydrogen) atoms. The molecule has 0 spiro atoms. The molecular weight excluding hydrogens is 643 g/mol. The third kappa shape index (κ3) is 7.85. The van der Waals surface area contributed by atoms with Gasteiger partial charge in [-0.1, -0.05) is 84.9 Å². The molecule has 252 valence electrons. The Morgan fingerprint density at radius 1 is 0.462 bits per heavy atom. The number of Topliss-reactive ketones (excluding diaryl/α,β-unsaturated/α-hetero) is 2. The molecule has 0 aliphatic carbocycles. The van der Waals surface area contributed by atoms with Gasteiger partial charge in [-0.25, -0.2) is 4.98 Å². The Morgan fingerprint density at radius 3 is 1.52 bits per heavy atom. The minimum absolute atomic E-state index is 0.0316. The molecule has 4 aromatic heterocycles. The first-order valence-corrected chi connectivity index (χ1v) is 17.0. The lowest BCUT2D eigenvalue weighted by molar-refractivity contribution is 0.0981. The van der Waals surface area contributed by atoms with Gasteiger partial charge in [-0.15, -0.1) is 0 Å². The number of nitrogens with zero attached hydrogens (tertiary/aromatic N) is 5. The standard InChI is InChI=1S/C23H18N2O.C22H17N3O/c1-16-21(8-5-11-24-16)23(26)13-17-9-10-19-14-20(15-25-22(19)12-17)18-6-3-2-4-7-18;1-15-22(24-10-9-23-15)21(26)12-16-7-8-18-13-19(14-25-20(18)11-16)17-5-3-2-4-6-17/h2-12,14-15H,13H2,1H3;2-11,13-14H,12H2,1H3. The number of aromatic nitrogens is 5. The topological polar surface area (TPSA) is 98.6 Å². The first kappa shape index (κ1) is 33.8. The second-order valence-corrected chi connectivity index (χ2v) is 12.6. The fourth-order valence-electron chi connectivity index (χ4n) is 6.14. The van der Waals surface area contributed by atoms with Crippen molar-refractivity contribution in [3.05, 3.63) is 186 Å². The molecule has 4 heterocycles. The molecule has 8 rings (SSSR count). The van der Waals surface area contributed by atoms with E-state index in [0.717, 1.165) is 60.9 Å². The highest BCUT2D eigenvalue weighted by atomic mass is 16.1. The van der Waals surface area contributed by atoms with E-state index in [1.807, 2.05) is 98.2 Å². The number of hydrogen-bond acceptors (Lipinski definition) is 7. The number of fused-ring (bicyclic) bond motifs is 2. The summed E-state index contributed by atoms with van der Waals surface area (Å²) >= 11 is 0. The second-order valence-electron chi connectivity index (χ2n) is 12.6. The summed E-state index contributed by atoms with van der Waals surface area (Å²) in [7, 11) is 0. The smallest absolute Gasteiger partial charge is 0.187 e. The summed E-state index contributed by atoms with van der Waals surface area (Å²) in [5.74, 6) is 0.0479. The molecule has 0 saturated carbocycles. The van der Waals surface area contributed by atoms with E-state index < -0.39 is 0 Å². The summed E-state index contributed by atoms with van der Waals surface area (Å²) < 4.78 is 0. The molecule has 0 aliphatic heterocycles. The maximum absolute atomic E-state index is 12.5. The molecule has 0 N–H and O–H groups in total. The number of ketones is 2. The van der Waals surface area contributed by atoms with Crippen molar-refractivity contribution in [2.45, 2.75) is 26.7 Å². The number of hydrogen-bond donors (Lipinski definition) is 0. The molecule has 0 aliphatic rings. The Hall–Kier alpha value is -6.73. The minimum atomic E-state index is -0.0316. The van der Waals surface area contributed by atoms with E-state index in [-0.39, 0.29) is 18.0 Å². The molecule has 0 atom stereocenters. The SMILES string of the molecule is Cc1ncccc1C(=O)Cc1ccc2cc(-c3ccccc3)cnc2c1.Cc1nccnc1C(=O)Cc1ccc2cc(-c3ccccc3)cnc2c1. The van der Waals surface area contributed by atoms with E-state index in [0.29, 0.717) is 23.4 Å². The van der Waals surface area contributed by atoms with Crippen LogP contribution in [0.1, 0.15) is 43.4 Å². The van der Waals surface area contributed by atoms with Crippen molar-refractivity contribution in [3.63, 3.8) is 0 Å². The van der Waals surface area contributed by atoms with Gasteiger partial charge >= 0.3 is 0 Å². The van der Waals surface area contributed by atoms with Crippen LogP contribution in [-0.2, 0) is 12.8 Å². The number of carbonyl (C=O) groups excluding carboxylic acids is 2. The summed E-state index contributed by atoms with van der Waals surface area (Å²) in [6.07, 6.45) is 9.24. The average Bonchev–Trinajstić information content (AvgIpc) is 3.18. The number of rotatable bonds is 8. The maximum atomic E-state index is 12.5. The largest absolute Gasteiger partial charge is 0.294 e. The first-order chi connectivity index (χ1) is 25.4. The maximum Gasteiger partial charge on any atom is 0.187 e. The van der Waals surface area contributed by atoms with Gasteiger partial charge < -0.3 is 0 Å². The van der Waals surface area contributed by atoms with Crippen molar-refractivity contribution in [2.75, 3.05) is 0 Å². The van der Waals surface area contributed by atoms with Crippen LogP contribution in [0.15, 0.2) is 152 Å². The molecule has 4 aromatic carbocycles. The summed E-state index contributed by atoms with van der Waals surface area (Å²) in [5.41, 5.74) is 10.7. The van der Waals surface area contributed by atoms with Crippen molar-refractivity contribution in [2.24, 2.45) is 0 Å². The molecule has 0 radical (unpaired) electrons. The zero-order valence-corrected chi connectivity index (χ0v) is 28.9. The quantitative estimate of drug-likeness (QED) is 0.148. The predicted octanol–water partition coefficient (Wildman–Crippen LogP) is 9.46.